The summed E-state index contributed by atoms with van der Waals surface area (Å²) in [6.07, 6.45) is 2.57. The van der Waals surface area contributed by atoms with Gasteiger partial charge < -0.3 is 15.2 Å². The normalized spacial score (nSPS) is 15.0. The second-order valence-corrected chi connectivity index (χ2v) is 6.15. The Balaban J connectivity index is 1.46. The highest BCUT2D eigenvalue weighted by atomic mass is 16.5. The first-order valence-corrected chi connectivity index (χ1v) is 8.28. The molecule has 3 rings (SSSR count). The lowest BCUT2D eigenvalue weighted by atomic mass is 10.1. The van der Waals surface area contributed by atoms with Gasteiger partial charge in [0, 0.05) is 11.8 Å². The summed E-state index contributed by atoms with van der Waals surface area (Å²) in [6.45, 7) is 0.419. The van der Waals surface area contributed by atoms with Crippen LogP contribution >= 0.6 is 0 Å². The zero-order chi connectivity index (χ0) is 16.9. The Labute approximate surface area is 140 Å². The van der Waals surface area contributed by atoms with Crippen molar-refractivity contribution in [3.8, 4) is 5.75 Å². The molecule has 0 aromatic heterocycles. The molecule has 5 heteroatoms. The van der Waals surface area contributed by atoms with E-state index in [1.807, 2.05) is 42.5 Å². The smallest absolute Gasteiger partial charge is 0.326 e. The molecule has 0 spiro atoms. The van der Waals surface area contributed by atoms with Crippen molar-refractivity contribution < 1.29 is 19.4 Å². The molecule has 1 unspecified atom stereocenters. The van der Waals surface area contributed by atoms with Crippen LogP contribution in [0.1, 0.15) is 25.7 Å². The number of carbonyl (C=O) groups excluding carboxylic acids is 1. The van der Waals surface area contributed by atoms with E-state index in [1.54, 1.807) is 0 Å². The maximum Gasteiger partial charge on any atom is 0.326 e. The molecular weight excluding hydrogens is 306 g/mol. The number of nitrogens with one attached hydrogen (secondary N) is 1. The van der Waals surface area contributed by atoms with E-state index in [0.29, 0.717) is 13.0 Å². The third kappa shape index (κ3) is 4.04. The Morgan fingerprint density at radius 3 is 2.67 bits per heavy atom. The van der Waals surface area contributed by atoms with Crippen LogP contribution in [0.4, 0.5) is 0 Å². The Morgan fingerprint density at radius 2 is 1.92 bits per heavy atom. The summed E-state index contributed by atoms with van der Waals surface area (Å²) in [4.78, 5) is 23.0. The van der Waals surface area contributed by atoms with Crippen molar-refractivity contribution in [1.82, 2.24) is 5.32 Å². The van der Waals surface area contributed by atoms with Gasteiger partial charge in [-0.3, -0.25) is 4.79 Å². The zero-order valence-corrected chi connectivity index (χ0v) is 13.4. The zero-order valence-electron chi connectivity index (χ0n) is 13.4. The predicted octanol–water partition coefficient (Wildman–Crippen LogP) is 2.98. The van der Waals surface area contributed by atoms with Gasteiger partial charge in [-0.2, -0.15) is 0 Å². The number of hydrogen-bond donors (Lipinski definition) is 2. The molecule has 5 nitrogen and oxygen atoms in total. The first kappa shape index (κ1) is 16.3. The summed E-state index contributed by atoms with van der Waals surface area (Å²) in [6, 6.07) is 13.1. The average molecular weight is 327 g/mol. The van der Waals surface area contributed by atoms with Crippen LogP contribution in [0.25, 0.3) is 10.8 Å². The molecule has 0 saturated heterocycles. The molecule has 24 heavy (non-hydrogen) atoms. The van der Waals surface area contributed by atoms with E-state index >= 15 is 0 Å². The molecule has 1 fully saturated rings. The molecule has 1 amide bonds. The SMILES string of the molecule is O=C(CCCOc1cccc2ccccc12)NC(C(=O)O)C1CC1. The van der Waals surface area contributed by atoms with E-state index in [2.05, 4.69) is 5.32 Å². The number of carboxylic acid groups (broad SMARTS) is 1. The van der Waals surface area contributed by atoms with Gasteiger partial charge in [-0.15, -0.1) is 0 Å². The van der Waals surface area contributed by atoms with Gasteiger partial charge in [-0.1, -0.05) is 36.4 Å². The van der Waals surface area contributed by atoms with Crippen LogP contribution in [0.3, 0.4) is 0 Å². The second-order valence-electron chi connectivity index (χ2n) is 6.15. The molecule has 0 radical (unpaired) electrons. The fourth-order valence-corrected chi connectivity index (χ4v) is 2.79. The Morgan fingerprint density at radius 1 is 1.17 bits per heavy atom. The molecule has 126 valence electrons. The molecule has 1 atom stereocenters. The molecule has 2 aromatic rings. The van der Waals surface area contributed by atoms with E-state index < -0.39 is 12.0 Å². The lowest BCUT2D eigenvalue weighted by Crippen LogP contribution is -2.42. The molecule has 2 aromatic carbocycles. The molecule has 1 aliphatic rings. The maximum atomic E-state index is 11.9. The minimum absolute atomic E-state index is 0.0957. The quantitative estimate of drug-likeness (QED) is 0.731. The van der Waals surface area contributed by atoms with Gasteiger partial charge in [0.05, 0.1) is 6.61 Å². The van der Waals surface area contributed by atoms with Crippen molar-refractivity contribution >= 4 is 22.6 Å². The molecule has 1 saturated carbocycles. The standard InChI is InChI=1S/C19H21NO4/c21-17(20-18(19(22)23)14-10-11-14)9-4-12-24-16-8-3-6-13-5-1-2-7-15(13)16/h1-3,5-8,14,18H,4,9-12H2,(H,20,21)(H,22,23). The summed E-state index contributed by atoms with van der Waals surface area (Å²) in [5, 5.41) is 13.9. The van der Waals surface area contributed by atoms with Gasteiger partial charge in [0.25, 0.3) is 0 Å². The summed E-state index contributed by atoms with van der Waals surface area (Å²) in [5.74, 6) is -0.276. The highest BCUT2D eigenvalue weighted by Crippen LogP contribution is 2.32. The topological polar surface area (TPSA) is 75.6 Å². The fraction of sp³-hybridized carbons (Fsp3) is 0.368. The van der Waals surface area contributed by atoms with E-state index in [9.17, 15) is 9.59 Å². The van der Waals surface area contributed by atoms with Crippen molar-refractivity contribution in [1.29, 1.82) is 0 Å². The van der Waals surface area contributed by atoms with Gasteiger partial charge >= 0.3 is 5.97 Å². The first-order valence-electron chi connectivity index (χ1n) is 8.28. The number of amides is 1. The molecule has 2 N–H and O–H groups in total. The van der Waals surface area contributed by atoms with E-state index in [-0.39, 0.29) is 18.2 Å². The lowest BCUT2D eigenvalue weighted by Gasteiger charge is -2.13. The Bertz CT molecular complexity index is 734. The van der Waals surface area contributed by atoms with Crippen molar-refractivity contribution in [3.63, 3.8) is 0 Å². The van der Waals surface area contributed by atoms with Crippen LogP contribution in [0.15, 0.2) is 42.5 Å². The van der Waals surface area contributed by atoms with Gasteiger partial charge in [0.15, 0.2) is 0 Å². The average Bonchev–Trinajstić information content (AvgIpc) is 3.41. The number of ether oxygens (including phenoxy) is 1. The van der Waals surface area contributed by atoms with Crippen LogP contribution in [0, 0.1) is 5.92 Å². The van der Waals surface area contributed by atoms with E-state index in [4.69, 9.17) is 9.84 Å². The van der Waals surface area contributed by atoms with Crippen molar-refractivity contribution in [2.45, 2.75) is 31.7 Å². The highest BCUT2D eigenvalue weighted by Gasteiger charge is 2.37. The number of aliphatic carboxylic acids is 1. The molecule has 0 heterocycles. The fourth-order valence-electron chi connectivity index (χ4n) is 2.79. The number of hydrogen-bond acceptors (Lipinski definition) is 3. The van der Waals surface area contributed by atoms with Gasteiger partial charge in [-0.05, 0) is 36.6 Å². The second kappa shape index (κ2) is 7.34. The van der Waals surface area contributed by atoms with Crippen LogP contribution in [-0.4, -0.2) is 29.6 Å². The molecular formula is C19H21NO4. The van der Waals surface area contributed by atoms with Gasteiger partial charge in [-0.25, -0.2) is 4.79 Å². The summed E-state index contributed by atoms with van der Waals surface area (Å²) < 4.78 is 5.79. The minimum atomic E-state index is -0.946. The third-order valence-corrected chi connectivity index (χ3v) is 4.23. The predicted molar refractivity (Wildman–Crippen MR) is 91.0 cm³/mol. The number of rotatable bonds is 8. The van der Waals surface area contributed by atoms with Crippen molar-refractivity contribution in [2.24, 2.45) is 5.92 Å². The number of carboxylic acids is 1. The third-order valence-electron chi connectivity index (χ3n) is 4.23. The van der Waals surface area contributed by atoms with Crippen LogP contribution in [0.5, 0.6) is 5.75 Å². The number of benzene rings is 2. The van der Waals surface area contributed by atoms with Crippen LogP contribution < -0.4 is 10.1 Å². The lowest BCUT2D eigenvalue weighted by molar-refractivity contribution is -0.142. The van der Waals surface area contributed by atoms with Gasteiger partial charge in [0.1, 0.15) is 11.8 Å². The maximum absolute atomic E-state index is 11.9. The van der Waals surface area contributed by atoms with Gasteiger partial charge in [0.2, 0.25) is 5.91 Å². The summed E-state index contributed by atoms with van der Waals surface area (Å²) in [5.41, 5.74) is 0. The Hall–Kier alpha value is -2.56. The monoisotopic (exact) mass is 327 g/mol. The summed E-state index contributed by atoms with van der Waals surface area (Å²) in [7, 11) is 0. The molecule has 0 aliphatic heterocycles. The Kier molecular flexibility index (Phi) is 4.99. The van der Waals surface area contributed by atoms with Crippen LogP contribution in [0.2, 0.25) is 0 Å². The largest absolute Gasteiger partial charge is 0.493 e. The number of carbonyl (C=O) groups is 2. The van der Waals surface area contributed by atoms with Crippen molar-refractivity contribution in [3.05, 3.63) is 42.5 Å². The highest BCUT2D eigenvalue weighted by molar-refractivity contribution is 5.88. The van der Waals surface area contributed by atoms with E-state index in [0.717, 1.165) is 29.4 Å². The summed E-state index contributed by atoms with van der Waals surface area (Å²) >= 11 is 0. The minimum Gasteiger partial charge on any atom is -0.493 e. The number of fused-ring (bicyclic) bond motifs is 1. The first-order chi connectivity index (χ1) is 11.6. The van der Waals surface area contributed by atoms with Crippen molar-refractivity contribution in [2.75, 3.05) is 6.61 Å². The molecule has 1 aliphatic carbocycles. The molecule has 0 bridgehead atoms. The van der Waals surface area contributed by atoms with Crippen LogP contribution in [-0.2, 0) is 9.59 Å². The van der Waals surface area contributed by atoms with E-state index in [1.165, 1.54) is 0 Å².